The largest absolute Gasteiger partial charge is 0.454 e. The molecule has 0 fully saturated rings. The summed E-state index contributed by atoms with van der Waals surface area (Å²) in [6, 6.07) is 44.1. The zero-order valence-corrected chi connectivity index (χ0v) is 25.8. The number of pyridine rings is 3. The van der Waals surface area contributed by atoms with Crippen LogP contribution in [0.4, 0.5) is 0 Å². The minimum Gasteiger partial charge on any atom is -0.454 e. The summed E-state index contributed by atoms with van der Waals surface area (Å²) in [4.78, 5) is 15.7. The molecule has 1 atom stereocenters. The highest BCUT2D eigenvalue weighted by atomic mass is 16.3. The van der Waals surface area contributed by atoms with E-state index in [-0.39, 0.29) is 5.92 Å². The molecule has 9 aromatic rings. The van der Waals surface area contributed by atoms with Crippen LogP contribution < -0.4 is 0 Å². The van der Waals surface area contributed by atoms with E-state index in [0.717, 1.165) is 88.3 Å². The Hall–Kier alpha value is -6.39. The number of rotatable bonds is 3. The highest BCUT2D eigenvalue weighted by molar-refractivity contribution is 6.24. The first-order chi connectivity index (χ1) is 23.8. The van der Waals surface area contributed by atoms with Crippen LogP contribution in [0.25, 0.3) is 82.3 Å². The molecule has 1 aliphatic carbocycles. The van der Waals surface area contributed by atoms with E-state index in [2.05, 4.69) is 127 Å². The van der Waals surface area contributed by atoms with Crippen LogP contribution in [-0.4, -0.2) is 15.0 Å². The summed E-state index contributed by atoms with van der Waals surface area (Å²) in [5.74, 6) is -0.0248. The molecule has 0 bridgehead atoms. The Labute approximate surface area is 276 Å². The first kappa shape index (κ1) is 26.8. The fourth-order valence-corrected chi connectivity index (χ4v) is 7.11. The SMILES string of the molecule is C1=CC(c2ccc3ccc4ccc(-c5ccccc5)nc4c3n2)C=CC(c2nc3c4ccccc4ccc3c3c2oc2ccccc23)=C1. The van der Waals surface area contributed by atoms with Gasteiger partial charge in [-0.3, -0.25) is 0 Å². The molecular formula is C44H27N3O. The van der Waals surface area contributed by atoms with E-state index in [1.54, 1.807) is 0 Å². The number of aromatic nitrogens is 3. The maximum atomic E-state index is 6.56. The van der Waals surface area contributed by atoms with Crippen LogP contribution in [0.5, 0.6) is 0 Å². The van der Waals surface area contributed by atoms with E-state index >= 15 is 0 Å². The van der Waals surface area contributed by atoms with Crippen molar-refractivity contribution < 1.29 is 4.42 Å². The third-order valence-electron chi connectivity index (χ3n) is 9.51. The summed E-state index contributed by atoms with van der Waals surface area (Å²) in [6.07, 6.45) is 10.8. The molecule has 4 heteroatoms. The maximum absolute atomic E-state index is 6.56. The Morgan fingerprint density at radius 2 is 1.25 bits per heavy atom. The lowest BCUT2D eigenvalue weighted by atomic mass is 9.99. The number of para-hydroxylation sites is 1. The third kappa shape index (κ3) is 4.20. The van der Waals surface area contributed by atoms with Gasteiger partial charge < -0.3 is 4.42 Å². The van der Waals surface area contributed by atoms with Gasteiger partial charge in [0.25, 0.3) is 0 Å². The van der Waals surface area contributed by atoms with Crippen molar-refractivity contribution >= 4 is 71.0 Å². The van der Waals surface area contributed by atoms with Gasteiger partial charge in [-0.1, -0.05) is 140 Å². The molecule has 4 aromatic heterocycles. The maximum Gasteiger partial charge on any atom is 0.162 e. The minimum absolute atomic E-state index is 0.0248. The smallest absolute Gasteiger partial charge is 0.162 e. The zero-order valence-electron chi connectivity index (χ0n) is 25.8. The van der Waals surface area contributed by atoms with Crippen LogP contribution in [0.15, 0.2) is 162 Å². The van der Waals surface area contributed by atoms with Crippen molar-refractivity contribution in [2.24, 2.45) is 0 Å². The van der Waals surface area contributed by atoms with E-state index in [4.69, 9.17) is 19.4 Å². The molecule has 0 saturated carbocycles. The monoisotopic (exact) mass is 613 g/mol. The van der Waals surface area contributed by atoms with Gasteiger partial charge in [0.1, 0.15) is 11.3 Å². The fourth-order valence-electron chi connectivity index (χ4n) is 7.11. The van der Waals surface area contributed by atoms with Gasteiger partial charge in [0.05, 0.1) is 27.9 Å². The molecular weight excluding hydrogens is 587 g/mol. The predicted molar refractivity (Wildman–Crippen MR) is 198 cm³/mol. The van der Waals surface area contributed by atoms with Gasteiger partial charge in [0.2, 0.25) is 0 Å². The van der Waals surface area contributed by atoms with Crippen molar-refractivity contribution in [1.82, 2.24) is 15.0 Å². The van der Waals surface area contributed by atoms with E-state index < -0.39 is 0 Å². The van der Waals surface area contributed by atoms with Crippen LogP contribution in [0.3, 0.4) is 0 Å². The average Bonchev–Trinajstić information content (AvgIpc) is 3.37. The predicted octanol–water partition coefficient (Wildman–Crippen LogP) is 11.3. The third-order valence-corrected chi connectivity index (χ3v) is 9.51. The van der Waals surface area contributed by atoms with Crippen molar-refractivity contribution in [2.45, 2.75) is 5.92 Å². The molecule has 5 aromatic carbocycles. The molecule has 48 heavy (non-hydrogen) atoms. The van der Waals surface area contributed by atoms with Gasteiger partial charge >= 0.3 is 0 Å². The first-order valence-corrected chi connectivity index (χ1v) is 16.2. The summed E-state index contributed by atoms with van der Waals surface area (Å²) < 4.78 is 6.56. The van der Waals surface area contributed by atoms with Gasteiger partial charge in [0, 0.05) is 49.4 Å². The molecule has 0 aliphatic heterocycles. The van der Waals surface area contributed by atoms with Gasteiger partial charge in [-0.2, -0.15) is 0 Å². The van der Waals surface area contributed by atoms with Crippen LogP contribution in [0.2, 0.25) is 0 Å². The molecule has 0 amide bonds. The van der Waals surface area contributed by atoms with Crippen molar-refractivity contribution in [2.75, 3.05) is 0 Å². The van der Waals surface area contributed by atoms with E-state index in [1.165, 1.54) is 5.39 Å². The molecule has 0 spiro atoms. The molecule has 0 saturated heterocycles. The topological polar surface area (TPSA) is 51.8 Å². The number of furan rings is 1. The second kappa shape index (κ2) is 10.6. The molecule has 1 unspecified atom stereocenters. The Morgan fingerprint density at radius 1 is 0.521 bits per heavy atom. The van der Waals surface area contributed by atoms with Crippen molar-refractivity contribution in [3.05, 3.63) is 169 Å². The Balaban J connectivity index is 1.10. The molecule has 0 N–H and O–H groups in total. The van der Waals surface area contributed by atoms with Crippen LogP contribution in [0, 0.1) is 0 Å². The summed E-state index contributed by atoms with van der Waals surface area (Å²) in [6.45, 7) is 0. The number of fused-ring (bicyclic) bond motifs is 10. The number of hydrogen-bond acceptors (Lipinski definition) is 4. The molecule has 10 rings (SSSR count). The highest BCUT2D eigenvalue weighted by Gasteiger charge is 2.20. The zero-order chi connectivity index (χ0) is 31.6. The van der Waals surface area contributed by atoms with Crippen molar-refractivity contribution in [1.29, 1.82) is 0 Å². The van der Waals surface area contributed by atoms with E-state index in [9.17, 15) is 0 Å². The van der Waals surface area contributed by atoms with E-state index in [0.29, 0.717) is 0 Å². The lowest BCUT2D eigenvalue weighted by molar-refractivity contribution is 0.666. The highest BCUT2D eigenvalue weighted by Crippen LogP contribution is 2.40. The number of benzene rings is 5. The van der Waals surface area contributed by atoms with Gasteiger partial charge in [-0.05, 0) is 23.6 Å². The number of hydrogen-bond donors (Lipinski definition) is 0. The Morgan fingerprint density at radius 3 is 2.15 bits per heavy atom. The van der Waals surface area contributed by atoms with Crippen molar-refractivity contribution in [3.63, 3.8) is 0 Å². The molecule has 1 aliphatic rings. The molecule has 4 nitrogen and oxygen atoms in total. The molecule has 4 heterocycles. The second-order valence-electron chi connectivity index (χ2n) is 12.3. The van der Waals surface area contributed by atoms with Crippen LogP contribution in [0.1, 0.15) is 17.3 Å². The van der Waals surface area contributed by atoms with E-state index in [1.807, 2.05) is 30.3 Å². The standard InChI is InChI=1S/C44H27N3O/c1-2-10-28(11-3-1)36-25-22-31-19-20-32-23-26-37(46-41(32)40(31)45-36)29-12-8-13-30(18-17-29)42-44-39(34-15-6-7-16-38(34)48-44)35-24-21-27-9-4-5-14-33(27)43(35)47-42/h1-26,29H. The Bertz CT molecular complexity index is 2840. The molecule has 224 valence electrons. The first-order valence-electron chi connectivity index (χ1n) is 16.2. The fraction of sp³-hybridized carbons (Fsp3) is 0.0227. The lowest BCUT2D eigenvalue weighted by Crippen LogP contribution is -1.97. The number of nitrogens with zero attached hydrogens (tertiary/aromatic N) is 3. The van der Waals surface area contributed by atoms with Crippen LogP contribution >= 0.6 is 0 Å². The van der Waals surface area contributed by atoms with Crippen LogP contribution in [-0.2, 0) is 0 Å². The summed E-state index contributed by atoms with van der Waals surface area (Å²) in [7, 11) is 0. The van der Waals surface area contributed by atoms with Crippen molar-refractivity contribution in [3.8, 4) is 11.3 Å². The minimum atomic E-state index is -0.0248. The van der Waals surface area contributed by atoms with Gasteiger partial charge in [0.15, 0.2) is 5.58 Å². The van der Waals surface area contributed by atoms with Gasteiger partial charge in [-0.15, -0.1) is 0 Å². The Kier molecular flexibility index (Phi) is 5.90. The number of allylic oxidation sites excluding steroid dienone is 6. The summed E-state index contributed by atoms with van der Waals surface area (Å²) >= 11 is 0. The lowest BCUT2D eigenvalue weighted by Gasteiger charge is -2.11. The average molecular weight is 614 g/mol. The molecule has 0 radical (unpaired) electrons. The summed E-state index contributed by atoms with van der Waals surface area (Å²) in [5.41, 5.74) is 9.30. The second-order valence-corrected chi connectivity index (χ2v) is 12.3. The normalized spacial score (nSPS) is 14.8. The van der Waals surface area contributed by atoms with Gasteiger partial charge in [-0.25, -0.2) is 15.0 Å². The summed E-state index contributed by atoms with van der Waals surface area (Å²) in [5, 5.41) is 7.74. The quantitative estimate of drug-likeness (QED) is 0.186.